The maximum Gasteiger partial charge on any atom is 0.251 e. The number of carbonyl (C=O) groups excluding carboxylic acids is 1. The molecule has 0 bridgehead atoms. The Balaban J connectivity index is 1.67. The van der Waals surface area contributed by atoms with Crippen LogP contribution in [0.25, 0.3) is 11.3 Å². The molecule has 0 aliphatic carbocycles. The molecule has 4 rings (SSSR count). The van der Waals surface area contributed by atoms with Crippen molar-refractivity contribution in [2.24, 2.45) is 0 Å². The van der Waals surface area contributed by atoms with Gasteiger partial charge in [-0.2, -0.15) is 0 Å². The van der Waals surface area contributed by atoms with Crippen molar-refractivity contribution < 1.29 is 9.90 Å². The number of nitrogen functional groups attached to an aromatic ring is 1. The fraction of sp³-hybridized carbons (Fsp3) is 0.0556. The van der Waals surface area contributed by atoms with Crippen LogP contribution in [0.1, 0.15) is 15.9 Å². The maximum atomic E-state index is 11.6. The van der Waals surface area contributed by atoms with Gasteiger partial charge < -0.3 is 21.5 Å². The summed E-state index contributed by atoms with van der Waals surface area (Å²) in [4.78, 5) is 19.9. The van der Waals surface area contributed by atoms with E-state index in [2.05, 4.69) is 20.6 Å². The first-order valence-electron chi connectivity index (χ1n) is 7.70. The Kier molecular flexibility index (Phi) is 3.46. The molecule has 0 fully saturated rings. The molecule has 25 heavy (non-hydrogen) atoms. The van der Waals surface area contributed by atoms with Crippen LogP contribution in [0.3, 0.4) is 0 Å². The molecule has 124 valence electrons. The summed E-state index contributed by atoms with van der Waals surface area (Å²) in [5, 5.41) is 16.4. The number of fused-ring (bicyclic) bond motifs is 1. The summed E-state index contributed by atoms with van der Waals surface area (Å²) in [5.74, 6) is 0.165. The minimum atomic E-state index is -0.0722. The molecule has 1 amide bonds. The molecule has 7 nitrogen and oxygen atoms in total. The van der Waals surface area contributed by atoms with Gasteiger partial charge in [0.2, 0.25) is 0 Å². The van der Waals surface area contributed by atoms with Crippen LogP contribution in [0, 0.1) is 0 Å². The van der Waals surface area contributed by atoms with Crippen LogP contribution >= 0.6 is 0 Å². The number of rotatable bonds is 3. The molecule has 1 aliphatic rings. The molecule has 0 unspecified atom stereocenters. The summed E-state index contributed by atoms with van der Waals surface area (Å²) in [6.07, 6.45) is 1.38. The summed E-state index contributed by atoms with van der Waals surface area (Å²) in [7, 11) is 0. The van der Waals surface area contributed by atoms with Crippen molar-refractivity contribution in [3.05, 3.63) is 59.9 Å². The smallest absolute Gasteiger partial charge is 0.251 e. The largest absolute Gasteiger partial charge is 0.503 e. The van der Waals surface area contributed by atoms with E-state index >= 15 is 0 Å². The third-order valence-corrected chi connectivity index (χ3v) is 4.06. The van der Waals surface area contributed by atoms with E-state index in [4.69, 9.17) is 5.73 Å². The highest BCUT2D eigenvalue weighted by Crippen LogP contribution is 2.34. The van der Waals surface area contributed by atoms with Gasteiger partial charge in [0.25, 0.3) is 5.91 Å². The Bertz CT molecular complexity index is 970. The molecule has 7 heteroatoms. The van der Waals surface area contributed by atoms with Gasteiger partial charge in [-0.15, -0.1) is 0 Å². The Morgan fingerprint density at radius 2 is 1.92 bits per heavy atom. The van der Waals surface area contributed by atoms with Crippen LogP contribution < -0.4 is 16.4 Å². The number of hydrogen-bond acceptors (Lipinski definition) is 6. The molecular formula is C18H15N5O2. The fourth-order valence-electron chi connectivity index (χ4n) is 2.77. The number of nitrogens with zero attached hydrogens (tertiary/aromatic N) is 2. The predicted molar refractivity (Wildman–Crippen MR) is 94.4 cm³/mol. The van der Waals surface area contributed by atoms with Crippen LogP contribution in [0.2, 0.25) is 0 Å². The highest BCUT2D eigenvalue weighted by atomic mass is 16.3. The minimum Gasteiger partial charge on any atom is -0.503 e. The summed E-state index contributed by atoms with van der Waals surface area (Å²) >= 11 is 0. The minimum absolute atomic E-state index is 0.0537. The molecule has 0 saturated carbocycles. The van der Waals surface area contributed by atoms with Crippen LogP contribution in [0.5, 0.6) is 5.75 Å². The van der Waals surface area contributed by atoms with E-state index in [1.54, 1.807) is 36.4 Å². The second-order valence-corrected chi connectivity index (χ2v) is 5.72. The highest BCUT2D eigenvalue weighted by molar-refractivity contribution is 5.98. The Morgan fingerprint density at radius 1 is 1.12 bits per heavy atom. The number of nitrogens with one attached hydrogen (secondary N) is 2. The van der Waals surface area contributed by atoms with E-state index in [0.29, 0.717) is 29.3 Å². The lowest BCUT2D eigenvalue weighted by Crippen LogP contribution is -2.12. The first kappa shape index (κ1) is 14.9. The zero-order valence-corrected chi connectivity index (χ0v) is 13.2. The van der Waals surface area contributed by atoms with Crippen LogP contribution in [-0.2, 0) is 6.54 Å². The van der Waals surface area contributed by atoms with E-state index in [1.165, 1.54) is 6.33 Å². The number of amides is 1. The monoisotopic (exact) mass is 333 g/mol. The molecule has 0 atom stereocenters. The van der Waals surface area contributed by atoms with Gasteiger partial charge in [0, 0.05) is 29.0 Å². The lowest BCUT2D eigenvalue weighted by atomic mass is 10.1. The highest BCUT2D eigenvalue weighted by Gasteiger charge is 2.19. The lowest BCUT2D eigenvalue weighted by molar-refractivity contribution is 0.0966. The van der Waals surface area contributed by atoms with Gasteiger partial charge in [0.1, 0.15) is 12.0 Å². The molecule has 1 aromatic heterocycles. The second kappa shape index (κ2) is 5.79. The molecule has 0 saturated heterocycles. The zero-order chi connectivity index (χ0) is 17.4. The van der Waals surface area contributed by atoms with E-state index in [0.717, 1.165) is 16.8 Å². The van der Waals surface area contributed by atoms with Crippen LogP contribution in [0.4, 0.5) is 17.2 Å². The molecule has 1 aliphatic heterocycles. The van der Waals surface area contributed by atoms with Crippen LogP contribution in [0.15, 0.2) is 48.8 Å². The van der Waals surface area contributed by atoms with Gasteiger partial charge in [-0.25, -0.2) is 9.97 Å². The number of carbonyl (C=O) groups is 1. The number of benzene rings is 2. The average molecular weight is 333 g/mol. The molecule has 0 spiro atoms. The van der Waals surface area contributed by atoms with Crippen molar-refractivity contribution in [3.8, 4) is 17.0 Å². The Hall–Kier alpha value is -3.61. The normalized spacial score (nSPS) is 12.6. The Labute approximate surface area is 143 Å². The van der Waals surface area contributed by atoms with Crippen LogP contribution in [-0.4, -0.2) is 21.0 Å². The standard InChI is InChI=1S/C18H15N5O2/c19-12-3-1-10(2-4-12)15-16(24)17(22-9-21-15)23-13-5-6-14-11(7-13)8-20-18(14)25/h1-7,9,24H,8,19H2,(H,20,25)(H,21,22,23). The molecular weight excluding hydrogens is 318 g/mol. The topological polar surface area (TPSA) is 113 Å². The first-order chi connectivity index (χ1) is 12.1. The van der Waals surface area contributed by atoms with Crippen molar-refractivity contribution in [3.63, 3.8) is 0 Å². The Morgan fingerprint density at radius 3 is 2.72 bits per heavy atom. The van der Waals surface area contributed by atoms with E-state index in [9.17, 15) is 9.90 Å². The van der Waals surface area contributed by atoms with Crippen molar-refractivity contribution >= 4 is 23.1 Å². The third-order valence-electron chi connectivity index (χ3n) is 4.06. The third kappa shape index (κ3) is 2.72. The quantitative estimate of drug-likeness (QED) is 0.548. The van der Waals surface area contributed by atoms with E-state index in [1.807, 2.05) is 6.07 Å². The number of nitrogens with two attached hydrogens (primary N) is 1. The maximum absolute atomic E-state index is 11.6. The van der Waals surface area contributed by atoms with Crippen molar-refractivity contribution in [1.29, 1.82) is 0 Å². The zero-order valence-electron chi connectivity index (χ0n) is 13.2. The number of aromatic hydroxyl groups is 1. The molecule has 2 heterocycles. The molecule has 0 radical (unpaired) electrons. The van der Waals surface area contributed by atoms with Gasteiger partial charge in [0.15, 0.2) is 11.6 Å². The van der Waals surface area contributed by atoms with E-state index in [-0.39, 0.29) is 11.7 Å². The first-order valence-corrected chi connectivity index (χ1v) is 7.70. The van der Waals surface area contributed by atoms with Crippen molar-refractivity contribution in [2.45, 2.75) is 6.54 Å². The van der Waals surface area contributed by atoms with Crippen molar-refractivity contribution in [2.75, 3.05) is 11.1 Å². The van der Waals surface area contributed by atoms with E-state index < -0.39 is 0 Å². The van der Waals surface area contributed by atoms with Gasteiger partial charge in [0.05, 0.1) is 0 Å². The van der Waals surface area contributed by atoms with Gasteiger partial charge in [-0.05, 0) is 35.9 Å². The number of hydrogen-bond donors (Lipinski definition) is 4. The predicted octanol–water partition coefficient (Wildman–Crippen LogP) is 2.42. The SMILES string of the molecule is Nc1ccc(-c2ncnc(Nc3ccc4c(c3)CNC4=O)c2O)cc1. The summed E-state index contributed by atoms with van der Waals surface area (Å²) in [5.41, 5.74) is 9.78. The molecule has 5 N–H and O–H groups in total. The number of anilines is 3. The molecule has 2 aromatic carbocycles. The van der Waals surface area contributed by atoms with Crippen molar-refractivity contribution in [1.82, 2.24) is 15.3 Å². The lowest BCUT2D eigenvalue weighted by Gasteiger charge is -2.11. The summed E-state index contributed by atoms with van der Waals surface area (Å²) < 4.78 is 0. The van der Waals surface area contributed by atoms with Gasteiger partial charge in [-0.1, -0.05) is 12.1 Å². The molecule has 3 aromatic rings. The summed E-state index contributed by atoms with van der Waals surface area (Å²) in [6, 6.07) is 12.4. The number of aromatic nitrogens is 2. The van der Waals surface area contributed by atoms with Gasteiger partial charge in [-0.3, -0.25) is 4.79 Å². The second-order valence-electron chi connectivity index (χ2n) is 5.72. The fourth-order valence-corrected chi connectivity index (χ4v) is 2.77. The summed E-state index contributed by atoms with van der Waals surface area (Å²) in [6.45, 7) is 0.496. The average Bonchev–Trinajstić information content (AvgIpc) is 2.98. The van der Waals surface area contributed by atoms with Gasteiger partial charge >= 0.3 is 0 Å².